The van der Waals surface area contributed by atoms with Crippen molar-refractivity contribution in [1.82, 2.24) is 5.32 Å². The number of hydrogen-bond donors (Lipinski definition) is 1. The maximum absolute atomic E-state index is 11.6. The lowest BCUT2D eigenvalue weighted by Crippen LogP contribution is -2.22. The number of hydrogen-bond acceptors (Lipinski definition) is 2. The highest BCUT2D eigenvalue weighted by Gasteiger charge is 2.06. The van der Waals surface area contributed by atoms with Crippen LogP contribution < -0.4 is 10.7 Å². The van der Waals surface area contributed by atoms with Crippen LogP contribution in [0.4, 0.5) is 0 Å². The van der Waals surface area contributed by atoms with Gasteiger partial charge in [-0.15, -0.1) is 0 Å². The number of carbonyl (C=O) groups excluding carboxylic acids is 1. The highest BCUT2D eigenvalue weighted by atomic mass is 16.1. The fourth-order valence-electron chi connectivity index (χ4n) is 2.16. The minimum absolute atomic E-state index is 0.119. The molecular weight excluding hydrogens is 250 g/mol. The van der Waals surface area contributed by atoms with Gasteiger partial charge in [0.1, 0.15) is 0 Å². The number of nitrogens with one attached hydrogen (secondary N) is 1. The molecule has 1 amide bonds. The molecule has 2 aromatic carbocycles. The molecule has 2 aromatic rings. The van der Waals surface area contributed by atoms with Crippen molar-refractivity contribution in [3.05, 3.63) is 57.7 Å². The second-order valence-corrected chi connectivity index (χ2v) is 5.21. The van der Waals surface area contributed by atoms with E-state index in [-0.39, 0.29) is 11.3 Å². The second kappa shape index (κ2) is 7.63. The Hall–Kier alpha value is -1.90. The SMILES string of the molecule is O=C(CCCCCCc1cc1=O)NCc1ccccc1. The van der Waals surface area contributed by atoms with Gasteiger partial charge in [0.25, 0.3) is 0 Å². The van der Waals surface area contributed by atoms with Gasteiger partial charge in [-0.1, -0.05) is 43.2 Å². The zero-order valence-electron chi connectivity index (χ0n) is 11.7. The standard InChI is InChI=1S/C17H21NO2/c19-16-12-15(16)10-6-1-2-7-11-17(20)18-13-14-8-4-3-5-9-14/h3-5,8-9,12H,1-2,6-7,10-11,13H2,(H,18,20). The van der Waals surface area contributed by atoms with E-state index in [1.54, 1.807) is 6.07 Å². The summed E-state index contributed by atoms with van der Waals surface area (Å²) in [6, 6.07) is 11.6. The van der Waals surface area contributed by atoms with Crippen molar-refractivity contribution in [2.45, 2.75) is 45.1 Å². The maximum atomic E-state index is 11.6. The minimum Gasteiger partial charge on any atom is -0.352 e. The summed E-state index contributed by atoms with van der Waals surface area (Å²) in [5.74, 6) is 0.119. The molecule has 106 valence electrons. The third-order valence-corrected chi connectivity index (χ3v) is 3.47. The topological polar surface area (TPSA) is 46.2 Å². The lowest BCUT2D eigenvalue weighted by Gasteiger charge is -2.05. The molecule has 0 aliphatic heterocycles. The Morgan fingerprint density at radius 2 is 1.70 bits per heavy atom. The Morgan fingerprint density at radius 1 is 1.00 bits per heavy atom. The average molecular weight is 271 g/mol. The molecule has 2 rings (SSSR count). The molecule has 0 unspecified atom stereocenters. The van der Waals surface area contributed by atoms with Gasteiger partial charge in [-0.3, -0.25) is 9.59 Å². The maximum Gasteiger partial charge on any atom is 0.220 e. The van der Waals surface area contributed by atoms with Crippen LogP contribution in [0, 0.1) is 0 Å². The fraction of sp³-hybridized carbons (Fsp3) is 0.412. The van der Waals surface area contributed by atoms with E-state index >= 15 is 0 Å². The lowest BCUT2D eigenvalue weighted by atomic mass is 10.1. The van der Waals surface area contributed by atoms with E-state index in [1.807, 2.05) is 30.3 Å². The van der Waals surface area contributed by atoms with Crippen molar-refractivity contribution in [1.29, 1.82) is 0 Å². The summed E-state index contributed by atoms with van der Waals surface area (Å²) >= 11 is 0. The van der Waals surface area contributed by atoms with Crippen LogP contribution >= 0.6 is 0 Å². The van der Waals surface area contributed by atoms with Crippen LogP contribution in [0.5, 0.6) is 0 Å². The lowest BCUT2D eigenvalue weighted by molar-refractivity contribution is -0.121. The van der Waals surface area contributed by atoms with Crippen LogP contribution in [0.1, 0.15) is 43.2 Å². The number of amides is 1. The van der Waals surface area contributed by atoms with Crippen LogP contribution in [0.15, 0.2) is 41.2 Å². The van der Waals surface area contributed by atoms with Crippen molar-refractivity contribution >= 4 is 5.91 Å². The van der Waals surface area contributed by atoms with Gasteiger partial charge >= 0.3 is 0 Å². The van der Waals surface area contributed by atoms with Crippen LogP contribution in [-0.2, 0) is 17.8 Å². The zero-order chi connectivity index (χ0) is 14.2. The number of carbonyl (C=O) groups is 1. The van der Waals surface area contributed by atoms with Crippen LogP contribution in [0.25, 0.3) is 0 Å². The number of benzene rings is 1. The molecule has 0 radical (unpaired) electrons. The number of unbranched alkanes of at least 4 members (excludes halogenated alkanes) is 3. The summed E-state index contributed by atoms with van der Waals surface area (Å²) in [5.41, 5.74) is 2.35. The number of rotatable bonds is 9. The summed E-state index contributed by atoms with van der Waals surface area (Å²) < 4.78 is 0. The Kier molecular flexibility index (Phi) is 5.54. The normalized spacial score (nSPS) is 10.8. The van der Waals surface area contributed by atoms with E-state index in [1.165, 1.54) is 0 Å². The first-order valence-electron chi connectivity index (χ1n) is 7.31. The predicted octanol–water partition coefficient (Wildman–Crippen LogP) is 2.73. The molecule has 0 saturated heterocycles. The van der Waals surface area contributed by atoms with Gasteiger partial charge < -0.3 is 5.32 Å². The van der Waals surface area contributed by atoms with Crippen LogP contribution in [0.2, 0.25) is 0 Å². The fourth-order valence-corrected chi connectivity index (χ4v) is 2.16. The molecular formula is C17H21NO2. The summed E-state index contributed by atoms with van der Waals surface area (Å²) in [6.07, 6.45) is 5.64. The van der Waals surface area contributed by atoms with Gasteiger partial charge in [-0.25, -0.2) is 0 Å². The van der Waals surface area contributed by atoms with E-state index in [0.717, 1.165) is 43.2 Å². The second-order valence-electron chi connectivity index (χ2n) is 5.21. The Morgan fingerprint density at radius 3 is 2.40 bits per heavy atom. The molecule has 0 bridgehead atoms. The van der Waals surface area contributed by atoms with Crippen molar-refractivity contribution < 1.29 is 4.79 Å². The van der Waals surface area contributed by atoms with Crippen molar-refractivity contribution in [2.75, 3.05) is 0 Å². The molecule has 0 aliphatic rings. The highest BCUT2D eigenvalue weighted by molar-refractivity contribution is 5.75. The molecule has 0 aliphatic carbocycles. The third kappa shape index (κ3) is 5.39. The summed E-state index contributed by atoms with van der Waals surface area (Å²) in [7, 11) is 0. The van der Waals surface area contributed by atoms with Crippen molar-refractivity contribution in [3.63, 3.8) is 0 Å². The van der Waals surface area contributed by atoms with Crippen LogP contribution in [-0.4, -0.2) is 5.91 Å². The first-order chi connectivity index (χ1) is 9.75. The van der Waals surface area contributed by atoms with Gasteiger partial charge in [-0.05, 0) is 30.9 Å². The van der Waals surface area contributed by atoms with Gasteiger partial charge in [0.05, 0.1) is 0 Å². The van der Waals surface area contributed by atoms with E-state index < -0.39 is 0 Å². The zero-order valence-corrected chi connectivity index (χ0v) is 11.7. The summed E-state index contributed by atoms with van der Waals surface area (Å²) in [5, 5.41) is 2.93. The van der Waals surface area contributed by atoms with Gasteiger partial charge in [-0.2, -0.15) is 0 Å². The van der Waals surface area contributed by atoms with Gasteiger partial charge in [0.2, 0.25) is 5.91 Å². The molecule has 0 atom stereocenters. The molecule has 0 saturated carbocycles. The average Bonchev–Trinajstić information content (AvgIpc) is 3.17. The van der Waals surface area contributed by atoms with E-state index in [0.29, 0.717) is 13.0 Å². The molecule has 3 heteroatoms. The quantitative estimate of drug-likeness (QED) is 0.713. The first-order valence-corrected chi connectivity index (χ1v) is 7.31. The molecule has 0 heterocycles. The van der Waals surface area contributed by atoms with Gasteiger partial charge in [0, 0.05) is 18.5 Å². The molecule has 1 N–H and O–H groups in total. The van der Waals surface area contributed by atoms with E-state index in [4.69, 9.17) is 0 Å². The molecule has 0 fully saturated rings. The third-order valence-electron chi connectivity index (χ3n) is 3.47. The minimum atomic E-state index is 0.119. The first kappa shape index (κ1) is 14.5. The molecule has 3 nitrogen and oxygen atoms in total. The van der Waals surface area contributed by atoms with E-state index in [9.17, 15) is 9.59 Å². The van der Waals surface area contributed by atoms with Crippen molar-refractivity contribution in [3.8, 4) is 0 Å². The van der Waals surface area contributed by atoms with E-state index in [2.05, 4.69) is 5.32 Å². The molecule has 0 aromatic heterocycles. The Balaban J connectivity index is 1.47. The predicted molar refractivity (Wildman–Crippen MR) is 80.2 cm³/mol. The van der Waals surface area contributed by atoms with Crippen LogP contribution in [0.3, 0.4) is 0 Å². The summed E-state index contributed by atoms with van der Waals surface area (Å²) in [6.45, 7) is 0.607. The monoisotopic (exact) mass is 271 g/mol. The number of aryl methyl sites for hydroxylation is 1. The highest BCUT2D eigenvalue weighted by Crippen LogP contribution is 2.08. The largest absolute Gasteiger partial charge is 0.352 e. The Bertz CT molecular complexity index is 538. The Labute approximate surface area is 119 Å². The molecule has 0 spiro atoms. The summed E-state index contributed by atoms with van der Waals surface area (Å²) in [4.78, 5) is 22.4. The molecule has 20 heavy (non-hydrogen) atoms. The van der Waals surface area contributed by atoms with Gasteiger partial charge in [0.15, 0.2) is 5.43 Å². The van der Waals surface area contributed by atoms with Crippen molar-refractivity contribution in [2.24, 2.45) is 0 Å². The smallest absolute Gasteiger partial charge is 0.220 e.